The van der Waals surface area contributed by atoms with E-state index in [1.807, 2.05) is 49.4 Å². The molecule has 0 spiro atoms. The lowest BCUT2D eigenvalue weighted by atomic mass is 10.1. The Balaban J connectivity index is 1.21. The second-order valence-electron chi connectivity index (χ2n) is 9.15. The average molecular weight is 603 g/mol. The maximum atomic E-state index is 13.1. The highest BCUT2D eigenvalue weighted by atomic mass is 35.5. The van der Waals surface area contributed by atoms with Crippen molar-refractivity contribution in [3.05, 3.63) is 100 Å². The fourth-order valence-electron chi connectivity index (χ4n) is 4.32. The molecule has 1 aliphatic rings. The van der Waals surface area contributed by atoms with Crippen molar-refractivity contribution in [3.63, 3.8) is 0 Å². The molecule has 0 bridgehead atoms. The highest BCUT2D eigenvalue weighted by Crippen LogP contribution is 2.35. The van der Waals surface area contributed by atoms with Gasteiger partial charge in [0.2, 0.25) is 0 Å². The molecule has 1 saturated heterocycles. The molecular weight excluding hydrogens is 576 g/mol. The van der Waals surface area contributed by atoms with Crippen LogP contribution in [0, 0.1) is 0 Å². The number of imide groups is 1. The van der Waals surface area contributed by atoms with E-state index in [4.69, 9.17) is 25.8 Å². The summed E-state index contributed by atoms with van der Waals surface area (Å²) in [6, 6.07) is 25.5. The number of benzene rings is 4. The molecular formula is C32H27ClN2O6S. The molecule has 0 radical (unpaired) electrons. The molecule has 0 aromatic heterocycles. The second kappa shape index (κ2) is 13.5. The summed E-state index contributed by atoms with van der Waals surface area (Å²) in [5.41, 5.74) is 1.21. The molecule has 0 aliphatic carbocycles. The fraction of sp³-hybridized carbons (Fsp3) is 0.156. The van der Waals surface area contributed by atoms with Crippen LogP contribution >= 0.6 is 23.4 Å². The summed E-state index contributed by atoms with van der Waals surface area (Å²) in [4.78, 5) is 39.5. The van der Waals surface area contributed by atoms with Gasteiger partial charge in [0, 0.05) is 16.1 Å². The van der Waals surface area contributed by atoms with E-state index in [-0.39, 0.29) is 36.8 Å². The minimum absolute atomic E-state index is 0.124. The third kappa shape index (κ3) is 7.05. The molecule has 214 valence electrons. The SMILES string of the molecule is CCOc1cc(/C=C2\SC(=O)N(CCOc3cccc4ccccc34)C2=O)ccc1OCC(=O)Nc1cccc(Cl)c1. The van der Waals surface area contributed by atoms with Crippen molar-refractivity contribution in [3.8, 4) is 17.2 Å². The van der Waals surface area contributed by atoms with Gasteiger partial charge in [-0.05, 0) is 72.1 Å². The summed E-state index contributed by atoms with van der Waals surface area (Å²) in [5.74, 6) is 0.728. The molecule has 8 nitrogen and oxygen atoms in total. The van der Waals surface area contributed by atoms with Crippen LogP contribution < -0.4 is 19.5 Å². The van der Waals surface area contributed by atoms with Gasteiger partial charge in [-0.2, -0.15) is 0 Å². The van der Waals surface area contributed by atoms with Gasteiger partial charge in [-0.3, -0.25) is 19.3 Å². The van der Waals surface area contributed by atoms with Gasteiger partial charge >= 0.3 is 0 Å². The first kappa shape index (κ1) is 29.0. The molecule has 4 aromatic carbocycles. The topological polar surface area (TPSA) is 94.2 Å². The van der Waals surface area contributed by atoms with Crippen molar-refractivity contribution in [2.24, 2.45) is 0 Å². The van der Waals surface area contributed by atoms with Crippen molar-refractivity contribution < 1.29 is 28.6 Å². The summed E-state index contributed by atoms with van der Waals surface area (Å²) in [7, 11) is 0. The van der Waals surface area contributed by atoms with Crippen LogP contribution in [-0.4, -0.2) is 48.3 Å². The van der Waals surface area contributed by atoms with Gasteiger partial charge in [-0.15, -0.1) is 0 Å². The predicted octanol–water partition coefficient (Wildman–Crippen LogP) is 7.02. The summed E-state index contributed by atoms with van der Waals surface area (Å²) >= 11 is 6.84. The number of thioether (sulfide) groups is 1. The van der Waals surface area contributed by atoms with Crippen LogP contribution in [0.1, 0.15) is 12.5 Å². The van der Waals surface area contributed by atoms with Gasteiger partial charge in [0.05, 0.1) is 18.1 Å². The highest BCUT2D eigenvalue weighted by Gasteiger charge is 2.34. The number of fused-ring (bicyclic) bond motifs is 1. The Morgan fingerprint density at radius 2 is 1.71 bits per heavy atom. The van der Waals surface area contributed by atoms with Crippen LogP contribution in [0.5, 0.6) is 17.2 Å². The van der Waals surface area contributed by atoms with Crippen LogP contribution in [-0.2, 0) is 9.59 Å². The summed E-state index contributed by atoms with van der Waals surface area (Å²) in [6.07, 6.45) is 1.63. The molecule has 1 N–H and O–H groups in total. The van der Waals surface area contributed by atoms with Crippen LogP contribution in [0.2, 0.25) is 5.02 Å². The first-order valence-corrected chi connectivity index (χ1v) is 14.4. The lowest BCUT2D eigenvalue weighted by Crippen LogP contribution is -2.32. The zero-order valence-electron chi connectivity index (χ0n) is 22.7. The van der Waals surface area contributed by atoms with Crippen molar-refractivity contribution >= 4 is 63.0 Å². The number of hydrogen-bond acceptors (Lipinski definition) is 7. The van der Waals surface area contributed by atoms with E-state index in [2.05, 4.69) is 5.32 Å². The van der Waals surface area contributed by atoms with Crippen molar-refractivity contribution in [2.45, 2.75) is 6.92 Å². The van der Waals surface area contributed by atoms with Gasteiger partial charge in [-0.1, -0.05) is 60.1 Å². The molecule has 1 aliphatic heterocycles. The summed E-state index contributed by atoms with van der Waals surface area (Å²) in [5, 5.41) is 4.89. The molecule has 1 heterocycles. The molecule has 10 heteroatoms. The molecule has 1 fully saturated rings. The summed E-state index contributed by atoms with van der Waals surface area (Å²) < 4.78 is 17.3. The number of carbonyl (C=O) groups excluding carboxylic acids is 3. The van der Waals surface area contributed by atoms with E-state index in [9.17, 15) is 14.4 Å². The van der Waals surface area contributed by atoms with Gasteiger partial charge in [0.15, 0.2) is 18.1 Å². The smallest absolute Gasteiger partial charge is 0.293 e. The maximum absolute atomic E-state index is 13.1. The van der Waals surface area contributed by atoms with Crippen molar-refractivity contribution in [2.75, 3.05) is 31.7 Å². The molecule has 5 rings (SSSR count). The monoisotopic (exact) mass is 602 g/mol. The van der Waals surface area contributed by atoms with E-state index in [0.717, 1.165) is 22.5 Å². The number of hydrogen-bond donors (Lipinski definition) is 1. The number of nitrogens with one attached hydrogen (secondary N) is 1. The highest BCUT2D eigenvalue weighted by molar-refractivity contribution is 8.18. The Morgan fingerprint density at radius 1 is 0.905 bits per heavy atom. The Labute approximate surface area is 252 Å². The van der Waals surface area contributed by atoms with E-state index < -0.39 is 0 Å². The van der Waals surface area contributed by atoms with Gasteiger partial charge < -0.3 is 19.5 Å². The normalized spacial score (nSPS) is 14.0. The van der Waals surface area contributed by atoms with E-state index >= 15 is 0 Å². The van der Waals surface area contributed by atoms with Gasteiger partial charge in [0.25, 0.3) is 17.1 Å². The van der Waals surface area contributed by atoms with E-state index in [0.29, 0.717) is 45.0 Å². The van der Waals surface area contributed by atoms with Crippen LogP contribution in [0.3, 0.4) is 0 Å². The molecule has 0 unspecified atom stereocenters. The van der Waals surface area contributed by atoms with Crippen LogP contribution in [0.25, 0.3) is 16.8 Å². The lowest BCUT2D eigenvalue weighted by Gasteiger charge is -2.14. The largest absolute Gasteiger partial charge is 0.491 e. The van der Waals surface area contributed by atoms with Gasteiger partial charge in [0.1, 0.15) is 12.4 Å². The first-order chi connectivity index (χ1) is 20.4. The minimum Gasteiger partial charge on any atom is -0.491 e. The lowest BCUT2D eigenvalue weighted by molar-refractivity contribution is -0.123. The van der Waals surface area contributed by atoms with E-state index in [1.165, 1.54) is 4.90 Å². The second-order valence-corrected chi connectivity index (χ2v) is 10.6. The number of halogens is 1. The maximum Gasteiger partial charge on any atom is 0.293 e. The standard InChI is InChI=1S/C32H27ClN2O6S/c1-2-39-28-17-21(13-14-27(28)41-20-30(36)34-24-10-6-9-23(33)19-24)18-29-31(37)35(32(38)42-29)15-16-40-26-12-5-8-22-7-3-4-11-25(22)26/h3-14,17-19H,2,15-16,20H2,1H3,(H,34,36)/b29-18-. The number of ether oxygens (including phenoxy) is 3. The Hall–Kier alpha value is -4.47. The third-order valence-corrected chi connectivity index (χ3v) is 7.37. The fourth-order valence-corrected chi connectivity index (χ4v) is 5.38. The summed E-state index contributed by atoms with van der Waals surface area (Å²) in [6.45, 7) is 2.24. The van der Waals surface area contributed by atoms with E-state index in [1.54, 1.807) is 48.5 Å². The quantitative estimate of drug-likeness (QED) is 0.184. The van der Waals surface area contributed by atoms with Crippen molar-refractivity contribution in [1.82, 2.24) is 4.90 Å². The molecule has 0 atom stereocenters. The third-order valence-electron chi connectivity index (χ3n) is 6.23. The molecule has 0 saturated carbocycles. The Morgan fingerprint density at radius 3 is 2.55 bits per heavy atom. The number of anilines is 1. The Kier molecular flexibility index (Phi) is 9.31. The van der Waals surface area contributed by atoms with Crippen molar-refractivity contribution in [1.29, 1.82) is 0 Å². The zero-order chi connectivity index (χ0) is 29.5. The van der Waals surface area contributed by atoms with Gasteiger partial charge in [-0.25, -0.2) is 0 Å². The predicted molar refractivity (Wildman–Crippen MR) is 165 cm³/mol. The number of nitrogens with zero attached hydrogens (tertiary/aromatic N) is 1. The first-order valence-electron chi connectivity index (χ1n) is 13.2. The number of amides is 3. The number of carbonyl (C=O) groups is 3. The minimum atomic E-state index is -0.387. The number of rotatable bonds is 11. The molecule has 4 aromatic rings. The van der Waals surface area contributed by atoms with Crippen LogP contribution in [0.15, 0.2) is 89.8 Å². The van der Waals surface area contributed by atoms with Crippen LogP contribution in [0.4, 0.5) is 10.5 Å². The average Bonchev–Trinajstić information content (AvgIpc) is 3.24. The molecule has 42 heavy (non-hydrogen) atoms. The Bertz CT molecular complexity index is 1670. The molecule has 3 amide bonds. The zero-order valence-corrected chi connectivity index (χ0v) is 24.2.